The van der Waals surface area contributed by atoms with Crippen molar-refractivity contribution in [1.29, 1.82) is 0 Å². The van der Waals surface area contributed by atoms with Crippen molar-refractivity contribution in [1.82, 2.24) is 20.0 Å². The van der Waals surface area contributed by atoms with Crippen LogP contribution in [0.2, 0.25) is 5.02 Å². The number of nitrogens with zero attached hydrogens (tertiary/aromatic N) is 4. The average molecular weight is 225 g/mol. The van der Waals surface area contributed by atoms with Gasteiger partial charge in [-0.1, -0.05) is 11.6 Å². The third-order valence-electron chi connectivity index (χ3n) is 2.12. The van der Waals surface area contributed by atoms with Crippen LogP contribution < -0.4 is 0 Å². The molecule has 6 heteroatoms. The monoisotopic (exact) mass is 224 g/mol. The molecule has 0 saturated carbocycles. The Balaban J connectivity index is 2.41. The highest BCUT2D eigenvalue weighted by molar-refractivity contribution is 6.31. The van der Waals surface area contributed by atoms with E-state index in [0.717, 1.165) is 0 Å². The van der Waals surface area contributed by atoms with Crippen molar-refractivity contribution in [2.75, 3.05) is 0 Å². The fourth-order valence-electron chi connectivity index (χ4n) is 1.35. The van der Waals surface area contributed by atoms with E-state index < -0.39 is 6.10 Å². The van der Waals surface area contributed by atoms with Crippen molar-refractivity contribution in [3.8, 4) is 0 Å². The number of halogens is 1. The van der Waals surface area contributed by atoms with Crippen LogP contribution in [0, 0.1) is 0 Å². The van der Waals surface area contributed by atoms with E-state index in [1.165, 1.54) is 23.3 Å². The van der Waals surface area contributed by atoms with E-state index in [1.807, 2.05) is 0 Å². The second kappa shape index (κ2) is 3.96. The smallest absolute Gasteiger partial charge is 0.124 e. The van der Waals surface area contributed by atoms with Crippen LogP contribution in [0.3, 0.4) is 0 Å². The van der Waals surface area contributed by atoms with E-state index in [2.05, 4.69) is 15.3 Å². The number of aryl methyl sites for hydroxylation is 1. The standard InChI is InChI=1S/C9H9ClN4O/c1-14-8(7(10)5-13-14)9(15)6-2-3-11-12-4-6/h2-5,9,15H,1H3. The Hall–Kier alpha value is -1.46. The summed E-state index contributed by atoms with van der Waals surface area (Å²) in [7, 11) is 1.72. The van der Waals surface area contributed by atoms with Gasteiger partial charge in [-0.05, 0) is 6.07 Å². The molecule has 2 aromatic rings. The highest BCUT2D eigenvalue weighted by atomic mass is 35.5. The topological polar surface area (TPSA) is 63.8 Å². The lowest BCUT2D eigenvalue weighted by Crippen LogP contribution is -2.07. The predicted molar refractivity (Wildman–Crippen MR) is 54.3 cm³/mol. The Kier molecular flexibility index (Phi) is 2.66. The highest BCUT2D eigenvalue weighted by Gasteiger charge is 2.18. The zero-order valence-electron chi connectivity index (χ0n) is 8.00. The fraction of sp³-hybridized carbons (Fsp3) is 0.222. The van der Waals surface area contributed by atoms with E-state index in [9.17, 15) is 5.11 Å². The highest BCUT2D eigenvalue weighted by Crippen LogP contribution is 2.26. The van der Waals surface area contributed by atoms with E-state index in [0.29, 0.717) is 16.3 Å². The molecule has 15 heavy (non-hydrogen) atoms. The minimum atomic E-state index is -0.833. The van der Waals surface area contributed by atoms with Gasteiger partial charge in [-0.2, -0.15) is 15.3 Å². The van der Waals surface area contributed by atoms with Crippen molar-refractivity contribution in [3.63, 3.8) is 0 Å². The van der Waals surface area contributed by atoms with Gasteiger partial charge in [0, 0.05) is 18.8 Å². The number of aromatic nitrogens is 4. The van der Waals surface area contributed by atoms with Gasteiger partial charge in [0.25, 0.3) is 0 Å². The molecular weight excluding hydrogens is 216 g/mol. The Morgan fingerprint density at radius 1 is 1.40 bits per heavy atom. The van der Waals surface area contributed by atoms with Crippen LogP contribution in [0.5, 0.6) is 0 Å². The third-order valence-corrected chi connectivity index (χ3v) is 2.41. The summed E-state index contributed by atoms with van der Waals surface area (Å²) in [6.07, 6.45) is 3.67. The van der Waals surface area contributed by atoms with Crippen LogP contribution in [0.15, 0.2) is 24.7 Å². The maximum absolute atomic E-state index is 10.0. The average Bonchev–Trinajstić information content (AvgIpc) is 2.59. The molecule has 0 bridgehead atoms. The minimum Gasteiger partial charge on any atom is -0.382 e. The second-order valence-corrected chi connectivity index (χ2v) is 3.49. The summed E-state index contributed by atoms with van der Waals surface area (Å²) in [5, 5.41) is 21.7. The van der Waals surface area contributed by atoms with Crippen molar-refractivity contribution >= 4 is 11.6 Å². The molecule has 0 radical (unpaired) electrons. The fourth-order valence-corrected chi connectivity index (χ4v) is 1.62. The molecule has 2 aromatic heterocycles. The Labute approximate surface area is 91.3 Å². The van der Waals surface area contributed by atoms with Crippen LogP contribution >= 0.6 is 11.6 Å². The molecule has 0 amide bonds. The maximum atomic E-state index is 10.0. The van der Waals surface area contributed by atoms with Crippen molar-refractivity contribution in [3.05, 3.63) is 40.9 Å². The molecule has 0 saturated heterocycles. The summed E-state index contributed by atoms with van der Waals surface area (Å²) in [6.45, 7) is 0. The zero-order chi connectivity index (χ0) is 10.8. The van der Waals surface area contributed by atoms with Gasteiger partial charge >= 0.3 is 0 Å². The van der Waals surface area contributed by atoms with E-state index >= 15 is 0 Å². The SMILES string of the molecule is Cn1ncc(Cl)c1C(O)c1ccnnc1. The first-order chi connectivity index (χ1) is 7.20. The number of aliphatic hydroxyl groups excluding tert-OH is 1. The molecule has 0 aliphatic carbocycles. The number of hydrogen-bond donors (Lipinski definition) is 1. The summed E-state index contributed by atoms with van der Waals surface area (Å²) in [5.74, 6) is 0. The number of rotatable bonds is 2. The van der Waals surface area contributed by atoms with E-state index in [1.54, 1.807) is 13.1 Å². The van der Waals surface area contributed by atoms with Gasteiger partial charge in [0.05, 0.1) is 23.1 Å². The van der Waals surface area contributed by atoms with Crippen LogP contribution in [0.25, 0.3) is 0 Å². The van der Waals surface area contributed by atoms with Gasteiger partial charge in [-0.15, -0.1) is 0 Å². The lowest BCUT2D eigenvalue weighted by Gasteiger charge is -2.10. The van der Waals surface area contributed by atoms with Crippen molar-refractivity contribution in [2.45, 2.75) is 6.10 Å². The molecule has 78 valence electrons. The predicted octanol–water partition coefficient (Wildman–Crippen LogP) is 0.945. The van der Waals surface area contributed by atoms with Crippen LogP contribution in [-0.2, 0) is 7.05 Å². The summed E-state index contributed by atoms with van der Waals surface area (Å²) in [4.78, 5) is 0. The van der Waals surface area contributed by atoms with Gasteiger partial charge < -0.3 is 5.11 Å². The molecule has 1 N–H and O–H groups in total. The van der Waals surface area contributed by atoms with Gasteiger partial charge in [0.15, 0.2) is 0 Å². The van der Waals surface area contributed by atoms with Crippen LogP contribution in [0.1, 0.15) is 17.4 Å². The molecule has 0 aliphatic rings. The minimum absolute atomic E-state index is 0.432. The first-order valence-electron chi connectivity index (χ1n) is 4.32. The lowest BCUT2D eigenvalue weighted by molar-refractivity contribution is 0.209. The first-order valence-corrected chi connectivity index (χ1v) is 4.70. The molecule has 0 aromatic carbocycles. The Morgan fingerprint density at radius 3 is 2.73 bits per heavy atom. The molecule has 0 spiro atoms. The Morgan fingerprint density at radius 2 is 2.20 bits per heavy atom. The molecular formula is C9H9ClN4O. The quantitative estimate of drug-likeness (QED) is 0.825. The summed E-state index contributed by atoms with van der Waals surface area (Å²) >= 11 is 5.91. The second-order valence-electron chi connectivity index (χ2n) is 3.08. The number of hydrogen-bond acceptors (Lipinski definition) is 4. The summed E-state index contributed by atoms with van der Waals surface area (Å²) < 4.78 is 1.54. The lowest BCUT2D eigenvalue weighted by atomic mass is 10.1. The van der Waals surface area contributed by atoms with Gasteiger partial charge in [-0.3, -0.25) is 4.68 Å². The van der Waals surface area contributed by atoms with Gasteiger partial charge in [0.1, 0.15) is 6.10 Å². The summed E-state index contributed by atoms with van der Waals surface area (Å²) in [5.41, 5.74) is 1.18. The molecule has 2 heterocycles. The first kappa shape index (κ1) is 10.1. The normalized spacial score (nSPS) is 12.7. The Bertz CT molecular complexity index is 437. The summed E-state index contributed by atoms with van der Waals surface area (Å²) in [6, 6.07) is 1.68. The molecule has 0 aliphatic heterocycles. The van der Waals surface area contributed by atoms with Gasteiger partial charge in [-0.25, -0.2) is 0 Å². The maximum Gasteiger partial charge on any atom is 0.124 e. The molecule has 1 unspecified atom stereocenters. The van der Waals surface area contributed by atoms with Gasteiger partial charge in [0.2, 0.25) is 0 Å². The van der Waals surface area contributed by atoms with Crippen LogP contribution in [0.4, 0.5) is 0 Å². The van der Waals surface area contributed by atoms with Crippen molar-refractivity contribution in [2.24, 2.45) is 7.05 Å². The third kappa shape index (κ3) is 1.84. The molecule has 5 nitrogen and oxygen atoms in total. The largest absolute Gasteiger partial charge is 0.382 e. The molecule has 2 rings (SSSR count). The van der Waals surface area contributed by atoms with Crippen molar-refractivity contribution < 1.29 is 5.11 Å². The number of aliphatic hydroxyl groups is 1. The van der Waals surface area contributed by atoms with E-state index in [-0.39, 0.29) is 0 Å². The van der Waals surface area contributed by atoms with E-state index in [4.69, 9.17) is 11.6 Å². The van der Waals surface area contributed by atoms with Crippen LogP contribution in [-0.4, -0.2) is 25.1 Å². The zero-order valence-corrected chi connectivity index (χ0v) is 8.76. The molecule has 0 fully saturated rings. The molecule has 1 atom stereocenters.